The molecule has 0 aromatic heterocycles. The van der Waals surface area contributed by atoms with E-state index >= 15 is 0 Å². The summed E-state index contributed by atoms with van der Waals surface area (Å²) in [6.45, 7) is 5.62. The van der Waals surface area contributed by atoms with Gasteiger partial charge in [-0.25, -0.2) is 0 Å². The van der Waals surface area contributed by atoms with Gasteiger partial charge in [-0.15, -0.1) is 0 Å². The van der Waals surface area contributed by atoms with Crippen LogP contribution in [0.25, 0.3) is 0 Å². The average Bonchev–Trinajstić information content (AvgIpc) is 3.41. The largest absolute Gasteiger partial charge is 0.454 e. The summed E-state index contributed by atoms with van der Waals surface area (Å²) < 4.78 is 17.5. The predicted molar refractivity (Wildman–Crippen MR) is 310 cm³/mol. The maximum atomic E-state index is 13.4. The molecule has 1 fully saturated rings. The molecule has 1 saturated heterocycles. The van der Waals surface area contributed by atoms with E-state index in [1.54, 1.807) is 6.08 Å². The molecule has 8 unspecified atom stereocenters. The number of esters is 1. The summed E-state index contributed by atoms with van der Waals surface area (Å²) in [7, 11) is 0. The van der Waals surface area contributed by atoms with Gasteiger partial charge in [-0.05, 0) is 103 Å². The fraction of sp³-hybridized carbons (Fsp3) is 0.719. The molecule has 1 amide bonds. The summed E-state index contributed by atoms with van der Waals surface area (Å²) in [5.41, 5.74) is 0. The third kappa shape index (κ3) is 39.6. The van der Waals surface area contributed by atoms with E-state index in [-0.39, 0.29) is 19.4 Å². The zero-order valence-electron chi connectivity index (χ0n) is 47.4. The monoisotopic (exact) mass is 1050 g/mol. The molecule has 0 spiro atoms. The number of allylic oxidation sites excluding steroid dienone is 15. The molecule has 0 saturated carbocycles. The Bertz CT molecular complexity index is 1580. The molecule has 11 heteroatoms. The highest BCUT2D eigenvalue weighted by Gasteiger charge is 2.47. The zero-order chi connectivity index (χ0) is 54.7. The summed E-state index contributed by atoms with van der Waals surface area (Å²) in [6, 6.07) is -1.05. The van der Waals surface area contributed by atoms with Gasteiger partial charge in [0.2, 0.25) is 5.91 Å². The molecule has 1 aliphatic rings. The van der Waals surface area contributed by atoms with Gasteiger partial charge in [0.25, 0.3) is 0 Å². The number of nitrogens with one attached hydrogen (secondary N) is 1. The molecule has 11 nitrogen and oxygen atoms in total. The van der Waals surface area contributed by atoms with Crippen LogP contribution in [0.3, 0.4) is 0 Å². The number of aliphatic hydroxyl groups is 5. The van der Waals surface area contributed by atoms with Gasteiger partial charge < -0.3 is 45.1 Å². The fourth-order valence-corrected chi connectivity index (χ4v) is 8.71. The van der Waals surface area contributed by atoms with Crippen molar-refractivity contribution >= 4 is 11.9 Å². The normalized spacial score (nSPS) is 19.9. The van der Waals surface area contributed by atoms with Gasteiger partial charge in [0.05, 0.1) is 25.4 Å². The summed E-state index contributed by atoms with van der Waals surface area (Å²) in [6.07, 6.45) is 57.4. The van der Waals surface area contributed by atoms with Crippen molar-refractivity contribution in [3.8, 4) is 0 Å². The van der Waals surface area contributed by atoms with E-state index in [4.69, 9.17) is 14.2 Å². The highest BCUT2D eigenvalue weighted by Crippen LogP contribution is 2.26. The summed E-state index contributed by atoms with van der Waals surface area (Å²) in [5, 5.41) is 56.8. The Morgan fingerprint density at radius 1 is 0.533 bits per heavy atom. The van der Waals surface area contributed by atoms with E-state index in [0.29, 0.717) is 12.8 Å². The van der Waals surface area contributed by atoms with E-state index in [1.165, 1.54) is 89.9 Å². The Labute approximate surface area is 456 Å². The number of rotatable bonds is 49. The maximum absolute atomic E-state index is 13.4. The molecule has 8 atom stereocenters. The predicted octanol–water partition coefficient (Wildman–Crippen LogP) is 13.9. The molecule has 0 aromatic rings. The second kappa shape index (κ2) is 51.3. The lowest BCUT2D eigenvalue weighted by Crippen LogP contribution is -2.61. The molecule has 0 aliphatic carbocycles. The van der Waals surface area contributed by atoms with Gasteiger partial charge in [-0.1, -0.05) is 221 Å². The number of aliphatic hydroxyl groups excluding tert-OH is 5. The van der Waals surface area contributed by atoms with Gasteiger partial charge in [0, 0.05) is 6.42 Å². The van der Waals surface area contributed by atoms with E-state index in [1.807, 2.05) is 6.08 Å². The van der Waals surface area contributed by atoms with Crippen LogP contribution in [-0.4, -0.2) is 99.6 Å². The number of hydrogen-bond acceptors (Lipinski definition) is 10. The summed E-state index contributed by atoms with van der Waals surface area (Å²) in [5.74, 6) is -1.26. The first-order valence-electron chi connectivity index (χ1n) is 30.0. The number of ether oxygens (including phenoxy) is 3. The van der Waals surface area contributed by atoms with Crippen LogP contribution in [0.2, 0.25) is 0 Å². The lowest BCUT2D eigenvalue weighted by molar-refractivity contribution is -0.305. The fourth-order valence-electron chi connectivity index (χ4n) is 8.71. The SMILES string of the molecule is CC/C=C\C/C=C\C/C=C\C/C=C\C/C=C\C/C=C\CCCCC(=O)OC1C(OCC(NC(=O)C(O)CCCC/C=C\CCCCCCCCC)C(O)/C=C/CCCCCCCCCCCC)OC(CO)C(O)C1O. The minimum Gasteiger partial charge on any atom is -0.454 e. The quantitative estimate of drug-likeness (QED) is 0.0195. The maximum Gasteiger partial charge on any atom is 0.306 e. The van der Waals surface area contributed by atoms with E-state index in [2.05, 4.69) is 111 Å². The molecule has 430 valence electrons. The second-order valence-corrected chi connectivity index (χ2v) is 20.3. The molecule has 1 heterocycles. The molecular formula is C64H109NO10. The van der Waals surface area contributed by atoms with Crippen LogP contribution < -0.4 is 5.32 Å². The molecule has 0 aromatic carbocycles. The van der Waals surface area contributed by atoms with Gasteiger partial charge in [-0.3, -0.25) is 9.59 Å². The van der Waals surface area contributed by atoms with E-state index in [0.717, 1.165) is 96.3 Å². The van der Waals surface area contributed by atoms with Crippen molar-refractivity contribution in [1.82, 2.24) is 5.32 Å². The highest BCUT2D eigenvalue weighted by atomic mass is 16.7. The Morgan fingerprint density at radius 2 is 0.960 bits per heavy atom. The lowest BCUT2D eigenvalue weighted by Gasteiger charge is -2.41. The van der Waals surface area contributed by atoms with Crippen LogP contribution in [0.1, 0.15) is 233 Å². The van der Waals surface area contributed by atoms with Crippen LogP contribution in [0.4, 0.5) is 0 Å². The Hall–Kier alpha value is -3.42. The van der Waals surface area contributed by atoms with Gasteiger partial charge in [0.1, 0.15) is 24.4 Å². The first-order chi connectivity index (χ1) is 36.7. The summed E-state index contributed by atoms with van der Waals surface area (Å²) in [4.78, 5) is 26.5. The minimum atomic E-state index is -1.64. The number of unbranched alkanes of at least 4 members (excludes halogenated alkanes) is 21. The number of amides is 1. The van der Waals surface area contributed by atoms with Crippen LogP contribution in [0.15, 0.2) is 97.2 Å². The van der Waals surface area contributed by atoms with Crippen molar-refractivity contribution in [2.75, 3.05) is 13.2 Å². The average molecular weight is 1050 g/mol. The van der Waals surface area contributed by atoms with Gasteiger partial charge in [-0.2, -0.15) is 0 Å². The van der Waals surface area contributed by atoms with Gasteiger partial charge >= 0.3 is 5.97 Å². The van der Waals surface area contributed by atoms with Crippen molar-refractivity contribution in [3.05, 3.63) is 97.2 Å². The molecule has 6 N–H and O–H groups in total. The van der Waals surface area contributed by atoms with E-state index in [9.17, 15) is 35.1 Å². The molecule has 1 aliphatic heterocycles. The zero-order valence-corrected chi connectivity index (χ0v) is 47.4. The van der Waals surface area contributed by atoms with Crippen molar-refractivity contribution in [1.29, 1.82) is 0 Å². The molecule has 0 radical (unpaired) electrons. The number of carbonyl (C=O) groups excluding carboxylic acids is 2. The first kappa shape index (κ1) is 69.6. The van der Waals surface area contributed by atoms with Crippen molar-refractivity contribution < 1.29 is 49.3 Å². The van der Waals surface area contributed by atoms with Crippen LogP contribution in [-0.2, 0) is 23.8 Å². The van der Waals surface area contributed by atoms with Gasteiger partial charge in [0.15, 0.2) is 12.4 Å². The van der Waals surface area contributed by atoms with Crippen LogP contribution in [0, 0.1) is 0 Å². The van der Waals surface area contributed by atoms with Crippen molar-refractivity contribution in [3.63, 3.8) is 0 Å². The molecule has 0 bridgehead atoms. The second-order valence-electron chi connectivity index (χ2n) is 20.3. The van der Waals surface area contributed by atoms with Crippen LogP contribution >= 0.6 is 0 Å². The first-order valence-corrected chi connectivity index (χ1v) is 30.0. The number of hydrogen-bond donors (Lipinski definition) is 6. The molecule has 1 rings (SSSR count). The standard InChI is InChI=1S/C64H109NO10/c1-4-7-10-13-16-19-22-25-26-27-28-29-30-31-32-34-37-40-43-46-49-52-59(69)75-62-61(71)60(70)58(53-66)74-64(62)73-54-55(56(67)50-47-44-41-38-35-24-21-18-15-12-9-6-3)65-63(72)57(68)51-48-45-42-39-36-33-23-20-17-14-11-8-5-2/h7,10,16,19,25-26,28-29,31-32,36-37,39-40,47,50,55-58,60-62,64,66-68,70-71H,4-6,8-9,11-15,17-18,20-24,27,30,33-35,38,41-46,48-49,51-54H2,1-3H3,(H,65,72)/b10-7-,19-16-,26-25-,29-28-,32-31-,39-36-,40-37-,50-47+. The third-order valence-corrected chi connectivity index (χ3v) is 13.5. The highest BCUT2D eigenvalue weighted by molar-refractivity contribution is 5.80. The third-order valence-electron chi connectivity index (χ3n) is 13.5. The Balaban J connectivity index is 2.73. The molecule has 75 heavy (non-hydrogen) atoms. The smallest absolute Gasteiger partial charge is 0.306 e. The Kier molecular flexibility index (Phi) is 47.6. The van der Waals surface area contributed by atoms with Crippen molar-refractivity contribution in [2.45, 2.75) is 282 Å². The topological polar surface area (TPSA) is 175 Å². The van der Waals surface area contributed by atoms with E-state index < -0.39 is 67.4 Å². The molecular weight excluding hydrogens is 943 g/mol. The number of carbonyl (C=O) groups is 2. The van der Waals surface area contributed by atoms with Crippen molar-refractivity contribution in [2.24, 2.45) is 0 Å². The minimum absolute atomic E-state index is 0.0622. The summed E-state index contributed by atoms with van der Waals surface area (Å²) >= 11 is 0. The lowest BCUT2D eigenvalue weighted by atomic mass is 9.99. The Morgan fingerprint density at radius 3 is 1.45 bits per heavy atom. The van der Waals surface area contributed by atoms with Crippen LogP contribution in [0.5, 0.6) is 0 Å².